The van der Waals surface area contributed by atoms with Gasteiger partial charge < -0.3 is 5.32 Å². The van der Waals surface area contributed by atoms with Crippen molar-refractivity contribution in [3.63, 3.8) is 0 Å². The molecule has 1 fully saturated rings. The van der Waals surface area contributed by atoms with Gasteiger partial charge in [0, 0.05) is 25.3 Å². The number of hydrogen-bond acceptors (Lipinski definition) is 4. The summed E-state index contributed by atoms with van der Waals surface area (Å²) in [5.74, 6) is 0.473. The van der Waals surface area contributed by atoms with Crippen LogP contribution in [-0.2, 0) is 10.0 Å². The lowest BCUT2D eigenvalue weighted by Crippen LogP contribution is -2.42. The molecule has 2 heterocycles. The number of pyridine rings is 1. The van der Waals surface area contributed by atoms with Gasteiger partial charge in [-0.05, 0) is 32.8 Å². The lowest BCUT2D eigenvalue weighted by atomic mass is 10.0. The summed E-state index contributed by atoms with van der Waals surface area (Å²) in [5, 5.41) is 3.11. The molecular weight excluding hydrogens is 286 g/mol. The number of halogens is 1. The summed E-state index contributed by atoms with van der Waals surface area (Å²) in [7, 11) is -1.85. The molecule has 0 atom stereocenters. The van der Waals surface area contributed by atoms with Crippen LogP contribution in [0.25, 0.3) is 0 Å². The Morgan fingerprint density at radius 2 is 2.16 bits per heavy atom. The van der Waals surface area contributed by atoms with Crippen LogP contribution in [0.2, 0.25) is 5.02 Å². The van der Waals surface area contributed by atoms with Gasteiger partial charge in [0.05, 0.1) is 5.02 Å². The van der Waals surface area contributed by atoms with E-state index in [1.807, 2.05) is 13.8 Å². The quantitative estimate of drug-likeness (QED) is 0.931. The SMILES string of the molecule is CNc1ncc(S(=O)(=O)N2CCCC2(C)C)cc1Cl. The van der Waals surface area contributed by atoms with Gasteiger partial charge in [0.15, 0.2) is 0 Å². The third-order valence-electron chi connectivity index (χ3n) is 3.47. The number of anilines is 1. The van der Waals surface area contributed by atoms with Crippen LogP contribution in [0.1, 0.15) is 26.7 Å². The second-order valence-electron chi connectivity index (χ2n) is 5.24. The molecule has 0 radical (unpaired) electrons. The first-order valence-electron chi connectivity index (χ1n) is 6.15. The first-order chi connectivity index (χ1) is 8.79. The zero-order valence-electron chi connectivity index (χ0n) is 11.3. The Morgan fingerprint density at radius 1 is 1.47 bits per heavy atom. The van der Waals surface area contributed by atoms with Gasteiger partial charge in [-0.2, -0.15) is 4.31 Å². The van der Waals surface area contributed by atoms with Crippen molar-refractivity contribution in [2.75, 3.05) is 18.9 Å². The maximum atomic E-state index is 12.6. The van der Waals surface area contributed by atoms with E-state index < -0.39 is 10.0 Å². The van der Waals surface area contributed by atoms with E-state index in [4.69, 9.17) is 11.6 Å². The molecule has 2 rings (SSSR count). The fraction of sp³-hybridized carbons (Fsp3) is 0.583. The van der Waals surface area contributed by atoms with Gasteiger partial charge in [-0.25, -0.2) is 13.4 Å². The molecule has 0 amide bonds. The summed E-state index contributed by atoms with van der Waals surface area (Å²) < 4.78 is 26.8. The molecule has 1 aliphatic rings. The number of nitrogens with one attached hydrogen (secondary N) is 1. The zero-order chi connectivity index (χ0) is 14.3. The molecule has 0 aliphatic carbocycles. The highest BCUT2D eigenvalue weighted by molar-refractivity contribution is 7.89. The Hall–Kier alpha value is -0.850. The van der Waals surface area contributed by atoms with Crippen molar-refractivity contribution in [3.05, 3.63) is 17.3 Å². The van der Waals surface area contributed by atoms with Crippen molar-refractivity contribution in [2.24, 2.45) is 0 Å². The van der Waals surface area contributed by atoms with Crippen LogP contribution in [0.4, 0.5) is 5.82 Å². The van der Waals surface area contributed by atoms with Gasteiger partial charge in [0.2, 0.25) is 10.0 Å². The number of hydrogen-bond donors (Lipinski definition) is 1. The van der Waals surface area contributed by atoms with E-state index in [0.717, 1.165) is 12.8 Å². The summed E-state index contributed by atoms with van der Waals surface area (Å²) in [4.78, 5) is 4.18. The Labute approximate surface area is 119 Å². The van der Waals surface area contributed by atoms with Crippen LogP contribution in [-0.4, -0.2) is 36.8 Å². The van der Waals surface area contributed by atoms with Gasteiger partial charge in [0.1, 0.15) is 10.7 Å². The van der Waals surface area contributed by atoms with Gasteiger partial charge in [-0.1, -0.05) is 11.6 Å². The van der Waals surface area contributed by atoms with Crippen molar-refractivity contribution in [1.82, 2.24) is 9.29 Å². The predicted octanol–water partition coefficient (Wildman–Crippen LogP) is 2.34. The Balaban J connectivity index is 2.43. The summed E-state index contributed by atoms with van der Waals surface area (Å²) in [6.07, 6.45) is 3.09. The summed E-state index contributed by atoms with van der Waals surface area (Å²) >= 11 is 6.01. The minimum Gasteiger partial charge on any atom is -0.372 e. The molecule has 0 aromatic carbocycles. The van der Waals surface area contributed by atoms with Crippen LogP contribution in [0.5, 0.6) is 0 Å². The van der Waals surface area contributed by atoms with Crippen molar-refractivity contribution >= 4 is 27.4 Å². The molecule has 1 aliphatic heterocycles. The van der Waals surface area contributed by atoms with Crippen LogP contribution in [0, 0.1) is 0 Å². The topological polar surface area (TPSA) is 62.3 Å². The molecule has 0 unspecified atom stereocenters. The first kappa shape index (κ1) is 14.6. The average Bonchev–Trinajstić information content (AvgIpc) is 2.69. The average molecular weight is 304 g/mol. The van der Waals surface area contributed by atoms with E-state index >= 15 is 0 Å². The monoisotopic (exact) mass is 303 g/mol. The van der Waals surface area contributed by atoms with Crippen LogP contribution in [0.3, 0.4) is 0 Å². The van der Waals surface area contributed by atoms with Gasteiger partial charge in [-0.15, -0.1) is 0 Å². The maximum absolute atomic E-state index is 12.6. The molecule has 1 saturated heterocycles. The fourth-order valence-corrected chi connectivity index (χ4v) is 4.54. The fourth-order valence-electron chi connectivity index (χ4n) is 2.40. The smallest absolute Gasteiger partial charge is 0.245 e. The molecule has 1 aromatic rings. The molecular formula is C12H18ClN3O2S. The van der Waals surface area contributed by atoms with Crippen molar-refractivity contribution in [2.45, 2.75) is 37.1 Å². The van der Waals surface area contributed by atoms with E-state index in [9.17, 15) is 8.42 Å². The molecule has 0 bridgehead atoms. The highest BCUT2D eigenvalue weighted by Gasteiger charge is 2.41. The molecule has 19 heavy (non-hydrogen) atoms. The molecule has 7 heteroatoms. The lowest BCUT2D eigenvalue weighted by molar-refractivity contribution is 0.291. The van der Waals surface area contributed by atoms with Crippen LogP contribution >= 0.6 is 11.6 Å². The Bertz CT molecular complexity index is 587. The first-order valence-corrected chi connectivity index (χ1v) is 7.97. The van der Waals surface area contributed by atoms with Gasteiger partial charge >= 0.3 is 0 Å². The second kappa shape index (κ2) is 4.92. The largest absolute Gasteiger partial charge is 0.372 e. The zero-order valence-corrected chi connectivity index (χ0v) is 12.8. The molecule has 5 nitrogen and oxygen atoms in total. The normalized spacial score (nSPS) is 19.6. The highest BCUT2D eigenvalue weighted by atomic mass is 35.5. The molecule has 0 spiro atoms. The van der Waals surface area contributed by atoms with Crippen molar-refractivity contribution in [3.8, 4) is 0 Å². The van der Waals surface area contributed by atoms with E-state index in [0.29, 0.717) is 17.4 Å². The molecule has 106 valence electrons. The standard InChI is InChI=1S/C12H18ClN3O2S/c1-12(2)5-4-6-16(12)19(17,18)9-7-10(13)11(14-3)15-8-9/h7-8H,4-6H2,1-3H3,(H,14,15). The second-order valence-corrected chi connectivity index (χ2v) is 7.51. The van der Waals surface area contributed by atoms with Crippen molar-refractivity contribution in [1.29, 1.82) is 0 Å². The van der Waals surface area contributed by atoms with E-state index in [-0.39, 0.29) is 10.4 Å². The third-order valence-corrected chi connectivity index (χ3v) is 5.83. The number of aromatic nitrogens is 1. The molecule has 1 aromatic heterocycles. The predicted molar refractivity (Wildman–Crippen MR) is 76.0 cm³/mol. The van der Waals surface area contributed by atoms with Crippen LogP contribution < -0.4 is 5.32 Å². The van der Waals surface area contributed by atoms with Gasteiger partial charge in [0.25, 0.3) is 0 Å². The maximum Gasteiger partial charge on any atom is 0.245 e. The molecule has 1 N–H and O–H groups in total. The summed E-state index contributed by atoms with van der Waals surface area (Å²) in [5.41, 5.74) is -0.354. The van der Waals surface area contributed by atoms with Crippen LogP contribution in [0.15, 0.2) is 17.2 Å². The van der Waals surface area contributed by atoms with E-state index in [1.165, 1.54) is 16.6 Å². The number of rotatable bonds is 3. The Kier molecular flexibility index (Phi) is 3.77. The molecule has 0 saturated carbocycles. The number of sulfonamides is 1. The third kappa shape index (κ3) is 2.57. The number of nitrogens with zero attached hydrogens (tertiary/aromatic N) is 2. The van der Waals surface area contributed by atoms with E-state index in [2.05, 4.69) is 10.3 Å². The van der Waals surface area contributed by atoms with E-state index in [1.54, 1.807) is 7.05 Å². The lowest BCUT2D eigenvalue weighted by Gasteiger charge is -2.30. The minimum atomic E-state index is -3.54. The van der Waals surface area contributed by atoms with Gasteiger partial charge in [-0.3, -0.25) is 0 Å². The highest BCUT2D eigenvalue weighted by Crippen LogP contribution is 2.34. The summed E-state index contributed by atoms with van der Waals surface area (Å²) in [6, 6.07) is 1.45. The minimum absolute atomic E-state index is 0.145. The summed E-state index contributed by atoms with van der Waals surface area (Å²) in [6.45, 7) is 4.42. The van der Waals surface area contributed by atoms with Crippen molar-refractivity contribution < 1.29 is 8.42 Å². The Morgan fingerprint density at radius 3 is 2.63 bits per heavy atom.